The highest BCUT2D eigenvalue weighted by atomic mass is 32.1. The van der Waals surface area contributed by atoms with Crippen LogP contribution < -0.4 is 0 Å². The monoisotopic (exact) mass is 300 g/mol. The van der Waals surface area contributed by atoms with Gasteiger partial charge in [-0.1, -0.05) is 20.8 Å². The number of rotatable bonds is 2. The number of carboxylic acids is 1. The highest BCUT2D eigenvalue weighted by Gasteiger charge is 2.24. The van der Waals surface area contributed by atoms with Gasteiger partial charge in [0, 0.05) is 10.8 Å². The first kappa shape index (κ1) is 13.8. The fourth-order valence-electron chi connectivity index (χ4n) is 2.36. The van der Waals surface area contributed by atoms with E-state index in [2.05, 4.69) is 25.3 Å². The molecule has 0 radical (unpaired) electrons. The van der Waals surface area contributed by atoms with Gasteiger partial charge in [0.25, 0.3) is 0 Å². The van der Waals surface area contributed by atoms with Crippen LogP contribution >= 0.6 is 11.3 Å². The fourth-order valence-corrected chi connectivity index (χ4v) is 2.98. The Morgan fingerprint density at radius 1 is 1.29 bits per heavy atom. The minimum atomic E-state index is -0.924. The molecule has 2 heterocycles. The Kier molecular flexibility index (Phi) is 3.10. The number of hydrogen-bond donors (Lipinski definition) is 1. The van der Waals surface area contributed by atoms with E-state index in [1.165, 1.54) is 0 Å². The number of aromatic carboxylic acids is 1. The summed E-state index contributed by atoms with van der Waals surface area (Å²) in [6, 6.07) is 7.09. The first-order chi connectivity index (χ1) is 9.88. The number of thiophene rings is 1. The zero-order chi connectivity index (χ0) is 15.2. The van der Waals surface area contributed by atoms with Crippen molar-refractivity contribution in [3.05, 3.63) is 46.4 Å². The summed E-state index contributed by atoms with van der Waals surface area (Å²) in [4.78, 5) is 15.9. The first-order valence-electron chi connectivity index (χ1n) is 6.67. The van der Waals surface area contributed by atoms with Crippen LogP contribution in [0, 0.1) is 0 Å². The zero-order valence-corrected chi connectivity index (χ0v) is 12.9. The minimum Gasteiger partial charge on any atom is -0.478 e. The van der Waals surface area contributed by atoms with Crippen molar-refractivity contribution in [3.63, 3.8) is 0 Å². The van der Waals surface area contributed by atoms with Gasteiger partial charge in [0.2, 0.25) is 0 Å². The second-order valence-electron chi connectivity index (χ2n) is 6.01. The molecule has 5 heteroatoms. The molecule has 0 aliphatic rings. The van der Waals surface area contributed by atoms with E-state index in [1.807, 2.05) is 16.8 Å². The summed E-state index contributed by atoms with van der Waals surface area (Å²) in [5.41, 5.74) is 2.81. The largest absolute Gasteiger partial charge is 0.478 e. The lowest BCUT2D eigenvalue weighted by Crippen LogP contribution is -2.18. The molecule has 0 amide bonds. The molecule has 1 aromatic carbocycles. The second-order valence-corrected chi connectivity index (χ2v) is 6.79. The Hall–Kier alpha value is -2.14. The summed E-state index contributed by atoms with van der Waals surface area (Å²) in [5.74, 6) is 0.00529. The number of aromatic nitrogens is 2. The quantitative estimate of drug-likeness (QED) is 0.775. The summed E-state index contributed by atoms with van der Waals surface area (Å²) >= 11 is 1.61. The third kappa shape index (κ3) is 2.34. The van der Waals surface area contributed by atoms with Crippen molar-refractivity contribution in [2.45, 2.75) is 26.2 Å². The van der Waals surface area contributed by atoms with Crippen molar-refractivity contribution < 1.29 is 9.90 Å². The van der Waals surface area contributed by atoms with Crippen LogP contribution in [0.2, 0.25) is 0 Å². The van der Waals surface area contributed by atoms with E-state index in [9.17, 15) is 9.90 Å². The van der Waals surface area contributed by atoms with Crippen LogP contribution in [0.4, 0.5) is 0 Å². The van der Waals surface area contributed by atoms with Gasteiger partial charge in [-0.15, -0.1) is 0 Å². The number of benzene rings is 1. The number of fused-ring (bicyclic) bond motifs is 1. The van der Waals surface area contributed by atoms with Crippen molar-refractivity contribution >= 4 is 28.3 Å². The molecule has 0 saturated carbocycles. The molecule has 108 valence electrons. The summed E-state index contributed by atoms with van der Waals surface area (Å²) < 4.78 is 2.05. The van der Waals surface area contributed by atoms with Gasteiger partial charge in [0.05, 0.1) is 22.3 Å². The second kappa shape index (κ2) is 4.70. The van der Waals surface area contributed by atoms with Gasteiger partial charge >= 0.3 is 5.97 Å². The van der Waals surface area contributed by atoms with E-state index in [1.54, 1.807) is 29.5 Å². The van der Waals surface area contributed by atoms with Gasteiger partial charge in [-0.3, -0.25) is 4.57 Å². The van der Waals surface area contributed by atoms with Gasteiger partial charge in [0.15, 0.2) is 0 Å². The maximum atomic E-state index is 11.2. The average molecular weight is 300 g/mol. The smallest absolute Gasteiger partial charge is 0.335 e. The van der Waals surface area contributed by atoms with E-state index >= 15 is 0 Å². The molecule has 0 fully saturated rings. The van der Waals surface area contributed by atoms with Crippen LogP contribution in [0.15, 0.2) is 35.0 Å². The van der Waals surface area contributed by atoms with Crippen LogP contribution in [0.25, 0.3) is 16.7 Å². The van der Waals surface area contributed by atoms with Crippen LogP contribution in [0.3, 0.4) is 0 Å². The first-order valence-corrected chi connectivity index (χ1v) is 7.61. The Labute approximate surface area is 126 Å². The van der Waals surface area contributed by atoms with Crippen molar-refractivity contribution in [2.24, 2.45) is 0 Å². The summed E-state index contributed by atoms with van der Waals surface area (Å²) in [7, 11) is 0. The Bertz CT molecular complexity index is 811. The molecule has 0 aliphatic heterocycles. The molecule has 0 bridgehead atoms. The van der Waals surface area contributed by atoms with Crippen LogP contribution in [0.5, 0.6) is 0 Å². The van der Waals surface area contributed by atoms with E-state index in [-0.39, 0.29) is 11.0 Å². The Morgan fingerprint density at radius 3 is 2.62 bits per heavy atom. The summed E-state index contributed by atoms with van der Waals surface area (Å²) in [5, 5.41) is 13.3. The molecule has 0 aliphatic carbocycles. The number of carbonyl (C=O) groups is 1. The highest BCUT2D eigenvalue weighted by Crippen LogP contribution is 2.30. The van der Waals surface area contributed by atoms with Crippen LogP contribution in [0.1, 0.15) is 37.0 Å². The van der Waals surface area contributed by atoms with Gasteiger partial charge in [-0.05, 0) is 29.6 Å². The molecule has 0 saturated heterocycles. The molecule has 3 aromatic rings. The Balaban J connectivity index is 2.38. The molecular formula is C16H16N2O2S. The van der Waals surface area contributed by atoms with Crippen LogP contribution in [-0.2, 0) is 5.41 Å². The van der Waals surface area contributed by atoms with E-state index in [0.29, 0.717) is 0 Å². The van der Waals surface area contributed by atoms with Gasteiger partial charge < -0.3 is 5.11 Å². The number of carboxylic acid groups (broad SMARTS) is 1. The normalized spacial score (nSPS) is 12.0. The molecule has 1 N–H and O–H groups in total. The highest BCUT2D eigenvalue weighted by molar-refractivity contribution is 7.08. The van der Waals surface area contributed by atoms with Crippen LogP contribution in [-0.4, -0.2) is 20.6 Å². The van der Waals surface area contributed by atoms with E-state index < -0.39 is 5.97 Å². The van der Waals surface area contributed by atoms with Crippen molar-refractivity contribution in [1.82, 2.24) is 9.55 Å². The lowest BCUT2D eigenvalue weighted by atomic mass is 9.95. The summed E-state index contributed by atoms with van der Waals surface area (Å²) in [6.07, 6.45) is 0. The maximum Gasteiger partial charge on any atom is 0.335 e. The number of nitrogens with zero attached hydrogens (tertiary/aromatic N) is 2. The number of hydrogen-bond acceptors (Lipinski definition) is 3. The van der Waals surface area contributed by atoms with Gasteiger partial charge in [-0.2, -0.15) is 11.3 Å². The third-order valence-corrected chi connectivity index (χ3v) is 4.01. The molecule has 0 unspecified atom stereocenters. The third-order valence-electron chi connectivity index (χ3n) is 3.34. The molecule has 3 rings (SSSR count). The maximum absolute atomic E-state index is 11.2. The topological polar surface area (TPSA) is 55.1 Å². The SMILES string of the molecule is CC(C)(C)c1nc2ccc(C(=O)O)cc2n1-c1ccsc1. The predicted molar refractivity (Wildman–Crippen MR) is 84.6 cm³/mol. The molecule has 0 atom stereocenters. The van der Waals surface area contributed by atoms with Crippen molar-refractivity contribution in [2.75, 3.05) is 0 Å². The average Bonchev–Trinajstić information content (AvgIpc) is 3.03. The summed E-state index contributed by atoms with van der Waals surface area (Å²) in [6.45, 7) is 6.32. The zero-order valence-electron chi connectivity index (χ0n) is 12.1. The molecular weight excluding hydrogens is 284 g/mol. The molecule has 0 spiro atoms. The predicted octanol–water partition coefficient (Wildman–Crippen LogP) is 4.08. The molecule has 21 heavy (non-hydrogen) atoms. The lowest BCUT2D eigenvalue weighted by molar-refractivity contribution is 0.0697. The van der Waals surface area contributed by atoms with E-state index in [0.717, 1.165) is 22.5 Å². The van der Waals surface area contributed by atoms with Gasteiger partial charge in [0.1, 0.15) is 5.82 Å². The molecule has 2 aromatic heterocycles. The standard InChI is InChI=1S/C16H16N2O2S/c1-16(2,3)15-17-12-5-4-10(14(19)20)8-13(12)18(15)11-6-7-21-9-11/h4-9H,1-3H3,(H,19,20). The van der Waals surface area contributed by atoms with Crippen molar-refractivity contribution in [1.29, 1.82) is 0 Å². The number of imidazole rings is 1. The fraction of sp³-hybridized carbons (Fsp3) is 0.250. The Morgan fingerprint density at radius 2 is 2.05 bits per heavy atom. The lowest BCUT2D eigenvalue weighted by Gasteiger charge is -2.19. The van der Waals surface area contributed by atoms with Crippen molar-refractivity contribution in [3.8, 4) is 5.69 Å². The van der Waals surface area contributed by atoms with Gasteiger partial charge in [-0.25, -0.2) is 9.78 Å². The van der Waals surface area contributed by atoms with E-state index in [4.69, 9.17) is 4.98 Å². The molecule has 4 nitrogen and oxygen atoms in total. The minimum absolute atomic E-state index is 0.135.